The molecule has 1 N–H and O–H groups in total. The third-order valence-corrected chi connectivity index (χ3v) is 5.03. The van der Waals surface area contributed by atoms with Gasteiger partial charge in [-0.15, -0.1) is 6.42 Å². The molecule has 3 rings (SSSR count). The lowest BCUT2D eigenvalue weighted by Crippen LogP contribution is -2.28. The molecule has 0 amide bonds. The largest absolute Gasteiger partial charge is 0.497 e. The van der Waals surface area contributed by atoms with Crippen molar-refractivity contribution >= 4 is 11.5 Å². The van der Waals surface area contributed by atoms with Gasteiger partial charge in [0.2, 0.25) is 0 Å². The van der Waals surface area contributed by atoms with Crippen molar-refractivity contribution in [1.82, 2.24) is 0 Å². The number of allylic oxidation sites excluding steroid dienone is 2. The summed E-state index contributed by atoms with van der Waals surface area (Å²) in [7, 11) is 3.19. The summed E-state index contributed by atoms with van der Waals surface area (Å²) in [5, 5.41) is 9.60. The van der Waals surface area contributed by atoms with E-state index in [2.05, 4.69) is 17.8 Å². The van der Waals surface area contributed by atoms with E-state index in [1.807, 2.05) is 54.6 Å². The number of carbonyl (C=O) groups is 1. The predicted octanol–water partition coefficient (Wildman–Crippen LogP) is 5.00. The third-order valence-electron chi connectivity index (χ3n) is 5.03. The molecule has 0 heterocycles. The monoisotopic (exact) mass is 422 g/mol. The molecule has 0 aliphatic rings. The molecule has 0 saturated heterocycles. The Labute approximate surface area is 188 Å². The van der Waals surface area contributed by atoms with Crippen LogP contribution >= 0.6 is 0 Å². The average Bonchev–Trinajstić information content (AvgIpc) is 2.85. The first-order valence-electron chi connectivity index (χ1n) is 9.83. The predicted molar refractivity (Wildman–Crippen MR) is 125 cm³/mol. The Morgan fingerprint density at radius 2 is 1.50 bits per heavy atom. The molecule has 4 nitrogen and oxygen atoms in total. The number of hydrogen-bond acceptors (Lipinski definition) is 3. The average molecular weight is 422 g/mol. The van der Waals surface area contributed by atoms with Crippen molar-refractivity contribution in [2.75, 3.05) is 14.2 Å². The summed E-state index contributed by atoms with van der Waals surface area (Å²) in [5.74, 6) is 8.45. The molecular weight excluding hydrogens is 400 g/mol. The van der Waals surface area contributed by atoms with Crippen LogP contribution in [0.25, 0.3) is 5.57 Å². The van der Waals surface area contributed by atoms with Gasteiger partial charge in [-0.25, -0.2) is 4.79 Å². The summed E-state index contributed by atoms with van der Waals surface area (Å²) in [5.41, 5.74) is 1.49. The normalized spacial score (nSPS) is 12.6. The van der Waals surface area contributed by atoms with Gasteiger partial charge in [0.25, 0.3) is 0 Å². The molecule has 0 radical (unpaired) electrons. The second-order valence-corrected chi connectivity index (χ2v) is 6.81. The first-order valence-corrected chi connectivity index (χ1v) is 9.83. The molecule has 0 aliphatic carbocycles. The van der Waals surface area contributed by atoms with E-state index >= 15 is 0 Å². The highest BCUT2D eigenvalue weighted by molar-refractivity contribution is 5.97. The molecule has 0 bridgehead atoms. The summed E-state index contributed by atoms with van der Waals surface area (Å²) < 4.78 is 11.3. The number of benzene rings is 3. The Bertz CT molecular complexity index is 1220. The highest BCUT2D eigenvalue weighted by Crippen LogP contribution is 2.34. The minimum absolute atomic E-state index is 0.121. The Hall–Kier alpha value is -4.25. The topological polar surface area (TPSA) is 55.8 Å². The van der Waals surface area contributed by atoms with Crippen molar-refractivity contribution in [3.63, 3.8) is 0 Å². The number of rotatable bonds is 6. The van der Waals surface area contributed by atoms with Gasteiger partial charge in [0.05, 0.1) is 12.7 Å². The zero-order chi connectivity index (χ0) is 23.0. The van der Waals surface area contributed by atoms with Crippen molar-refractivity contribution < 1.29 is 19.4 Å². The maximum atomic E-state index is 11.7. The summed E-state index contributed by atoms with van der Waals surface area (Å²) in [6.07, 6.45) is 7.00. The van der Waals surface area contributed by atoms with E-state index in [0.29, 0.717) is 16.9 Å². The van der Waals surface area contributed by atoms with E-state index in [1.54, 1.807) is 32.4 Å². The lowest BCUT2D eigenvalue weighted by atomic mass is 9.86. The Balaban J connectivity index is 2.23. The van der Waals surface area contributed by atoms with E-state index in [1.165, 1.54) is 12.1 Å². The fraction of sp³-hybridized carbons (Fsp3) is 0.107. The third kappa shape index (κ3) is 4.57. The molecule has 1 atom stereocenters. The van der Waals surface area contributed by atoms with Gasteiger partial charge in [-0.3, -0.25) is 0 Å². The number of ether oxygens (including phenoxy) is 2. The van der Waals surface area contributed by atoms with Gasteiger partial charge in [0, 0.05) is 35.4 Å². The first kappa shape index (κ1) is 22.4. The van der Waals surface area contributed by atoms with Crippen LogP contribution in [0, 0.1) is 24.2 Å². The van der Waals surface area contributed by atoms with Crippen LogP contribution in [0.1, 0.15) is 27.0 Å². The smallest absolute Gasteiger partial charge is 0.336 e. The molecule has 1 unspecified atom stereocenters. The van der Waals surface area contributed by atoms with E-state index < -0.39 is 11.6 Å². The van der Waals surface area contributed by atoms with E-state index in [9.17, 15) is 9.90 Å². The molecule has 0 aromatic heterocycles. The maximum Gasteiger partial charge on any atom is 0.336 e. The highest BCUT2D eigenvalue weighted by atomic mass is 16.5. The summed E-state index contributed by atoms with van der Waals surface area (Å²) in [6, 6.07) is 23.7. The number of methoxy groups -OCH3 is 2. The van der Waals surface area contributed by atoms with Gasteiger partial charge in [-0.2, -0.15) is 0 Å². The van der Waals surface area contributed by atoms with Crippen LogP contribution < -0.4 is 4.74 Å². The highest BCUT2D eigenvalue weighted by Gasteiger charge is 2.32. The minimum atomic E-state index is -1.11. The van der Waals surface area contributed by atoms with Gasteiger partial charge in [0.1, 0.15) is 5.75 Å². The van der Waals surface area contributed by atoms with Crippen molar-refractivity contribution in [3.8, 4) is 29.9 Å². The van der Waals surface area contributed by atoms with Crippen LogP contribution in [0.2, 0.25) is 0 Å². The van der Waals surface area contributed by atoms with Crippen LogP contribution in [0.4, 0.5) is 0 Å². The lowest BCUT2D eigenvalue weighted by Gasteiger charge is -2.28. The van der Waals surface area contributed by atoms with Crippen molar-refractivity contribution in [2.45, 2.75) is 5.60 Å². The number of hydrogen-bond donors (Lipinski definition) is 1. The molecule has 32 heavy (non-hydrogen) atoms. The number of aromatic carboxylic acids is 1. The fourth-order valence-corrected chi connectivity index (χ4v) is 3.42. The Morgan fingerprint density at radius 3 is 2.06 bits per heavy atom. The number of terminal acetylenes is 1. The standard InChI is InChI=1S/C28H22O4/c1-4-10-21(25-13-8-9-14-26(25)27(29)30)19-20-28(32-3,22-11-6-5-7-12-22)23-15-17-24(31-2)18-16-23/h1,5-18H,2-3H3,(H,29,30)/b21-10-. The first-order chi connectivity index (χ1) is 15.6. The van der Waals surface area contributed by atoms with Crippen LogP contribution in [0.3, 0.4) is 0 Å². The summed E-state index contributed by atoms with van der Waals surface area (Å²) in [4.78, 5) is 11.7. The zero-order valence-corrected chi connectivity index (χ0v) is 17.8. The Kier molecular flexibility index (Phi) is 7.13. The lowest BCUT2D eigenvalue weighted by molar-refractivity contribution is 0.0696. The molecule has 0 fully saturated rings. The minimum Gasteiger partial charge on any atom is -0.497 e. The zero-order valence-electron chi connectivity index (χ0n) is 17.8. The summed E-state index contributed by atoms with van der Waals surface area (Å²) >= 11 is 0. The SMILES string of the molecule is C#C/C=C(/C#CC(OC)(c1ccccc1)c1ccc(OC)cc1)c1ccccc1C(=O)O. The molecule has 0 aliphatic heterocycles. The van der Waals surface area contributed by atoms with Crippen LogP contribution in [0.15, 0.2) is 84.9 Å². The molecular formula is C28H22O4. The quantitative estimate of drug-likeness (QED) is 0.568. The second kappa shape index (κ2) is 10.2. The summed E-state index contributed by atoms with van der Waals surface area (Å²) in [6.45, 7) is 0. The van der Waals surface area contributed by atoms with Crippen LogP contribution in [-0.2, 0) is 10.3 Å². The van der Waals surface area contributed by atoms with Crippen LogP contribution in [0.5, 0.6) is 5.75 Å². The van der Waals surface area contributed by atoms with Crippen molar-refractivity contribution in [2.24, 2.45) is 0 Å². The molecule has 158 valence electrons. The van der Waals surface area contributed by atoms with Crippen LogP contribution in [-0.4, -0.2) is 25.3 Å². The maximum absolute atomic E-state index is 11.7. The molecule has 3 aromatic carbocycles. The van der Waals surface area contributed by atoms with E-state index in [0.717, 1.165) is 11.1 Å². The van der Waals surface area contributed by atoms with E-state index in [-0.39, 0.29) is 5.56 Å². The van der Waals surface area contributed by atoms with Gasteiger partial charge < -0.3 is 14.6 Å². The molecule has 3 aromatic rings. The molecule has 0 saturated carbocycles. The fourth-order valence-electron chi connectivity index (χ4n) is 3.42. The number of carboxylic acids is 1. The van der Waals surface area contributed by atoms with Crippen molar-refractivity contribution in [1.29, 1.82) is 0 Å². The van der Waals surface area contributed by atoms with Gasteiger partial charge in [-0.05, 0) is 18.2 Å². The molecule has 0 spiro atoms. The van der Waals surface area contributed by atoms with E-state index in [4.69, 9.17) is 15.9 Å². The Morgan fingerprint density at radius 1 is 0.906 bits per heavy atom. The number of carboxylic acid groups (broad SMARTS) is 1. The van der Waals surface area contributed by atoms with Crippen molar-refractivity contribution in [3.05, 3.63) is 107 Å². The van der Waals surface area contributed by atoms with Gasteiger partial charge in [0.15, 0.2) is 5.60 Å². The second-order valence-electron chi connectivity index (χ2n) is 6.81. The molecule has 4 heteroatoms. The van der Waals surface area contributed by atoms with Gasteiger partial charge in [-0.1, -0.05) is 78.4 Å². The van der Waals surface area contributed by atoms with Gasteiger partial charge >= 0.3 is 5.97 Å².